The van der Waals surface area contributed by atoms with Gasteiger partial charge in [-0.2, -0.15) is 0 Å². The number of hydrogen-bond donors (Lipinski definition) is 4. The van der Waals surface area contributed by atoms with E-state index in [0.717, 1.165) is 22.4 Å². The molecule has 13 nitrogen and oxygen atoms in total. The van der Waals surface area contributed by atoms with Crippen LogP contribution in [0.25, 0.3) is 11.6 Å². The van der Waals surface area contributed by atoms with Crippen LogP contribution < -0.4 is 20.7 Å². The van der Waals surface area contributed by atoms with Gasteiger partial charge < -0.3 is 39.4 Å². The van der Waals surface area contributed by atoms with Crippen LogP contribution >= 0.6 is 0 Å². The summed E-state index contributed by atoms with van der Waals surface area (Å²) in [5, 5.41) is 19.8. The molecule has 13 heteroatoms. The van der Waals surface area contributed by atoms with E-state index in [1.807, 2.05) is 56.3 Å². The number of oxazole rings is 2. The first-order chi connectivity index (χ1) is 22.9. The molecule has 4 N–H and O–H groups in total. The third-order valence-corrected chi connectivity index (χ3v) is 9.33. The first-order valence-electron chi connectivity index (χ1n) is 16.0. The minimum atomic E-state index is -1.30. The second kappa shape index (κ2) is 11.5. The molecule has 0 radical (unpaired) electrons. The molecule has 0 saturated heterocycles. The average molecular weight is 656 g/mol. The summed E-state index contributed by atoms with van der Waals surface area (Å²) in [4.78, 5) is 49.1. The molecular formula is C35H37N5O8. The summed E-state index contributed by atoms with van der Waals surface area (Å²) >= 11 is 0. The lowest BCUT2D eigenvalue weighted by molar-refractivity contribution is -0.135. The Morgan fingerprint density at radius 1 is 1.06 bits per heavy atom. The van der Waals surface area contributed by atoms with Crippen molar-refractivity contribution in [2.75, 3.05) is 12.4 Å². The largest absolute Gasteiger partial charge is 0.469 e. The molecule has 1 spiro atoms. The minimum absolute atomic E-state index is 0.00107. The Hall–Kier alpha value is -5.17. The van der Waals surface area contributed by atoms with Crippen molar-refractivity contribution in [1.82, 2.24) is 20.6 Å². The van der Waals surface area contributed by atoms with Gasteiger partial charge in [-0.15, -0.1) is 0 Å². The van der Waals surface area contributed by atoms with Crippen LogP contribution in [0.3, 0.4) is 0 Å². The predicted molar refractivity (Wildman–Crippen MR) is 171 cm³/mol. The maximum atomic E-state index is 14.0. The Labute approximate surface area is 276 Å². The van der Waals surface area contributed by atoms with Crippen molar-refractivity contribution in [3.05, 3.63) is 82.3 Å². The highest BCUT2D eigenvalue weighted by atomic mass is 16.5. The van der Waals surface area contributed by atoms with Gasteiger partial charge in [0.15, 0.2) is 23.4 Å². The number of methoxy groups -OCH3 is 1. The number of para-hydroxylation sites is 1. The molecule has 5 atom stereocenters. The number of carbonyl (C=O) groups excluding carboxylic acids is 3. The van der Waals surface area contributed by atoms with Crippen LogP contribution in [-0.2, 0) is 26.2 Å². The number of aryl methyl sites for hydroxylation is 1. The van der Waals surface area contributed by atoms with E-state index in [1.165, 1.54) is 7.11 Å². The third kappa shape index (κ3) is 4.75. The molecule has 4 bridgehead atoms. The Bertz CT molecular complexity index is 1950. The number of rotatable bonds is 6. The average Bonchev–Trinajstić information content (AvgIpc) is 3.81. The van der Waals surface area contributed by atoms with Gasteiger partial charge in [-0.05, 0) is 42.0 Å². The zero-order valence-electron chi connectivity index (χ0n) is 27.4. The molecular weight excluding hydrogens is 618 g/mol. The van der Waals surface area contributed by atoms with E-state index in [0.29, 0.717) is 11.5 Å². The third-order valence-electron chi connectivity index (χ3n) is 9.33. The second-order valence-corrected chi connectivity index (χ2v) is 13.2. The summed E-state index contributed by atoms with van der Waals surface area (Å²) in [6.07, 6.45) is -1.83. The molecule has 250 valence electrons. The summed E-state index contributed by atoms with van der Waals surface area (Å²) in [6.45, 7) is 8.89. The number of amides is 2. The molecule has 7 rings (SSSR count). The number of nitrogens with one attached hydrogen (secondary N) is 3. The van der Waals surface area contributed by atoms with E-state index in [9.17, 15) is 19.5 Å². The maximum Gasteiger partial charge on any atom is 0.360 e. The molecule has 5 heterocycles. The highest BCUT2D eigenvalue weighted by Gasteiger charge is 2.61. The van der Waals surface area contributed by atoms with E-state index >= 15 is 0 Å². The number of nitrogens with zero attached hydrogens (tertiary/aromatic N) is 2. The highest BCUT2D eigenvalue weighted by Crippen LogP contribution is 2.59. The normalized spacial score (nSPS) is 22.9. The van der Waals surface area contributed by atoms with Crippen molar-refractivity contribution in [2.24, 2.45) is 11.8 Å². The van der Waals surface area contributed by atoms with Crippen molar-refractivity contribution in [3.63, 3.8) is 0 Å². The Morgan fingerprint density at radius 2 is 1.83 bits per heavy atom. The van der Waals surface area contributed by atoms with E-state index in [-0.39, 0.29) is 47.2 Å². The SMILES string of the molecule is COC(=O)c1nc(-c2nc3oc2[C@@]24c5ccccc5NC2Oc2ccc(cc24)C[C@H](NC(=O)[C@@H](O)C(C)C)C(=O)N[C@H]3C(C)C)oc1C. The van der Waals surface area contributed by atoms with E-state index < -0.39 is 47.6 Å². The Balaban J connectivity index is 1.49. The van der Waals surface area contributed by atoms with Gasteiger partial charge in [0.1, 0.15) is 35.1 Å². The number of fused-ring (bicyclic) bond motifs is 4. The number of benzene rings is 2. The van der Waals surface area contributed by atoms with E-state index in [2.05, 4.69) is 20.9 Å². The fraction of sp³-hybridized carbons (Fsp3) is 0.400. The number of aliphatic hydroxyl groups is 1. The number of aliphatic hydroxyl groups excluding tert-OH is 1. The number of esters is 1. The maximum absolute atomic E-state index is 14.0. The van der Waals surface area contributed by atoms with Crippen LogP contribution in [-0.4, -0.2) is 58.3 Å². The van der Waals surface area contributed by atoms with E-state index in [1.54, 1.807) is 20.8 Å². The molecule has 3 aliphatic heterocycles. The summed E-state index contributed by atoms with van der Waals surface area (Å²) in [5.41, 5.74) is 2.31. The fourth-order valence-electron chi connectivity index (χ4n) is 6.79. The quantitative estimate of drug-likeness (QED) is 0.222. The van der Waals surface area contributed by atoms with Gasteiger partial charge in [-0.1, -0.05) is 58.0 Å². The molecule has 3 aliphatic rings. The van der Waals surface area contributed by atoms with Crippen molar-refractivity contribution >= 4 is 23.5 Å². The molecule has 1 unspecified atom stereocenters. The van der Waals surface area contributed by atoms with Crippen molar-refractivity contribution < 1.29 is 37.8 Å². The number of aromatic nitrogens is 2. The van der Waals surface area contributed by atoms with Crippen molar-refractivity contribution in [2.45, 2.75) is 70.9 Å². The summed E-state index contributed by atoms with van der Waals surface area (Å²) in [6, 6.07) is 11.6. The Morgan fingerprint density at radius 3 is 2.56 bits per heavy atom. The van der Waals surface area contributed by atoms with E-state index in [4.69, 9.17) is 23.3 Å². The summed E-state index contributed by atoms with van der Waals surface area (Å²) in [5.74, 6) is -0.951. The molecule has 4 aromatic rings. The number of ether oxygens (including phenoxy) is 2. The van der Waals surface area contributed by atoms with Crippen LogP contribution in [0.4, 0.5) is 5.69 Å². The lowest BCUT2D eigenvalue weighted by atomic mass is 9.72. The van der Waals surface area contributed by atoms with Gasteiger partial charge in [0.05, 0.1) is 7.11 Å². The monoisotopic (exact) mass is 655 g/mol. The van der Waals surface area contributed by atoms with Gasteiger partial charge >= 0.3 is 5.97 Å². The van der Waals surface area contributed by atoms with Gasteiger partial charge in [0.2, 0.25) is 23.6 Å². The molecule has 0 fully saturated rings. The lowest BCUT2D eigenvalue weighted by Crippen LogP contribution is -2.52. The van der Waals surface area contributed by atoms with Gasteiger partial charge in [-0.25, -0.2) is 14.8 Å². The highest BCUT2D eigenvalue weighted by molar-refractivity contribution is 5.90. The fourth-order valence-corrected chi connectivity index (χ4v) is 6.79. The zero-order valence-corrected chi connectivity index (χ0v) is 27.4. The first-order valence-corrected chi connectivity index (χ1v) is 16.0. The molecule has 48 heavy (non-hydrogen) atoms. The van der Waals surface area contributed by atoms with Gasteiger partial charge in [0.25, 0.3) is 0 Å². The summed E-state index contributed by atoms with van der Waals surface area (Å²) < 4.78 is 24.4. The lowest BCUT2D eigenvalue weighted by Gasteiger charge is -2.29. The standard InChI is InChI=1S/C35H37N5O8/c1-15(2)24-31-40-26(32-39-25(17(5)46-32)33(44)45-6)28(48-31)35-19-9-7-8-10-21(19)37-34(35)47-23-12-11-18(13-20(23)35)14-22(29(42)38-24)36-30(43)27(41)16(3)4/h7-13,15-16,22,24,27,34,37,41H,14H2,1-6H3,(H,36,43)(H,38,42)/t22-,24-,27-,34?,35-/m0/s1. The molecule has 2 aromatic carbocycles. The zero-order chi connectivity index (χ0) is 34.1. The van der Waals surface area contributed by atoms with Gasteiger partial charge in [-0.3, -0.25) is 9.59 Å². The van der Waals surface area contributed by atoms with Crippen LogP contribution in [0.5, 0.6) is 5.75 Å². The number of anilines is 1. The predicted octanol–water partition coefficient (Wildman–Crippen LogP) is 3.77. The van der Waals surface area contributed by atoms with Crippen molar-refractivity contribution in [3.8, 4) is 17.3 Å². The second-order valence-electron chi connectivity index (χ2n) is 13.2. The van der Waals surface area contributed by atoms with Crippen LogP contribution in [0.15, 0.2) is 51.3 Å². The molecule has 2 amide bonds. The van der Waals surface area contributed by atoms with Gasteiger partial charge in [0, 0.05) is 17.7 Å². The first kappa shape index (κ1) is 31.4. The molecule has 0 saturated carbocycles. The van der Waals surface area contributed by atoms with Crippen LogP contribution in [0, 0.1) is 18.8 Å². The molecule has 2 aromatic heterocycles. The number of hydrogen-bond acceptors (Lipinski definition) is 11. The molecule has 0 aliphatic carbocycles. The topological polar surface area (TPSA) is 178 Å². The van der Waals surface area contributed by atoms with Crippen molar-refractivity contribution in [1.29, 1.82) is 0 Å². The number of carbonyl (C=O) groups is 3. The van der Waals surface area contributed by atoms with Crippen LogP contribution in [0.1, 0.15) is 78.3 Å². The smallest absolute Gasteiger partial charge is 0.360 e. The van der Waals surface area contributed by atoms with Crippen LogP contribution in [0.2, 0.25) is 0 Å². The summed E-state index contributed by atoms with van der Waals surface area (Å²) in [7, 11) is 1.27. The minimum Gasteiger partial charge on any atom is -0.469 e. The Kier molecular flexibility index (Phi) is 7.54.